The van der Waals surface area contributed by atoms with Crippen LogP contribution in [0.3, 0.4) is 0 Å². The summed E-state index contributed by atoms with van der Waals surface area (Å²) in [6.07, 6.45) is 1.68. The maximum absolute atomic E-state index is 11.8. The van der Waals surface area contributed by atoms with E-state index in [4.69, 9.17) is 5.11 Å². The molecule has 8 heteroatoms. The number of carboxylic acid groups (broad SMARTS) is 1. The minimum Gasteiger partial charge on any atom is -0.481 e. The van der Waals surface area contributed by atoms with Crippen LogP contribution in [0.25, 0.3) is 0 Å². The summed E-state index contributed by atoms with van der Waals surface area (Å²) in [5, 5.41) is 11.0. The first kappa shape index (κ1) is 14.1. The van der Waals surface area contributed by atoms with Gasteiger partial charge in [0.2, 0.25) is 0 Å². The molecule has 0 aromatic rings. The number of sulfone groups is 1. The fourth-order valence-electron chi connectivity index (χ4n) is 2.55. The van der Waals surface area contributed by atoms with Crippen LogP contribution in [0.5, 0.6) is 0 Å². The Balaban J connectivity index is 1.81. The van der Waals surface area contributed by atoms with Gasteiger partial charge in [-0.25, -0.2) is 13.2 Å². The van der Waals surface area contributed by atoms with E-state index in [1.54, 1.807) is 0 Å². The Hall–Kier alpha value is -1.31. The highest BCUT2D eigenvalue weighted by Gasteiger charge is 2.34. The molecule has 0 radical (unpaired) electrons. The smallest absolute Gasteiger partial charge is 0.317 e. The molecule has 2 N–H and O–H groups in total. The normalized spacial score (nSPS) is 29.4. The number of carbonyl (C=O) groups excluding carboxylic acids is 1. The lowest BCUT2D eigenvalue weighted by molar-refractivity contribution is -0.141. The summed E-state index contributed by atoms with van der Waals surface area (Å²) < 4.78 is 23.2. The second-order valence-electron chi connectivity index (χ2n) is 5.09. The summed E-state index contributed by atoms with van der Waals surface area (Å²) in [7, 11) is -3.06. The first-order valence-corrected chi connectivity index (χ1v) is 8.09. The first-order chi connectivity index (χ1) is 8.90. The molecule has 19 heavy (non-hydrogen) atoms. The molecule has 2 atom stereocenters. The van der Waals surface area contributed by atoms with Crippen LogP contribution in [0.2, 0.25) is 0 Å². The van der Waals surface area contributed by atoms with E-state index in [1.807, 2.05) is 0 Å². The predicted octanol–water partition coefficient (Wildman–Crippen LogP) is -0.320. The van der Waals surface area contributed by atoms with Crippen LogP contribution >= 0.6 is 0 Å². The van der Waals surface area contributed by atoms with Crippen LogP contribution in [0.4, 0.5) is 4.79 Å². The van der Waals surface area contributed by atoms with E-state index < -0.39 is 27.0 Å². The van der Waals surface area contributed by atoms with E-state index in [2.05, 4.69) is 5.32 Å². The van der Waals surface area contributed by atoms with Gasteiger partial charge in [0.25, 0.3) is 0 Å². The Morgan fingerprint density at radius 3 is 2.58 bits per heavy atom. The Morgan fingerprint density at radius 2 is 2.05 bits per heavy atom. The molecule has 2 fully saturated rings. The lowest BCUT2D eigenvalue weighted by Gasteiger charge is -2.18. The summed E-state index contributed by atoms with van der Waals surface area (Å²) in [6, 6.07) is -0.370. The maximum atomic E-state index is 11.8. The number of aliphatic carboxylic acids is 1. The summed E-state index contributed by atoms with van der Waals surface area (Å²) in [4.78, 5) is 24.0. The second kappa shape index (κ2) is 5.36. The van der Waals surface area contributed by atoms with Crippen LogP contribution in [-0.4, -0.2) is 61.1 Å². The van der Waals surface area contributed by atoms with E-state index in [1.165, 1.54) is 4.90 Å². The number of urea groups is 1. The average molecular weight is 290 g/mol. The molecule has 2 aliphatic rings. The number of carboxylic acids is 1. The van der Waals surface area contributed by atoms with Gasteiger partial charge in [0, 0.05) is 19.6 Å². The number of hydrogen-bond donors (Lipinski definition) is 2. The van der Waals surface area contributed by atoms with Gasteiger partial charge in [0.15, 0.2) is 9.84 Å². The lowest BCUT2D eigenvalue weighted by atomic mass is 10.1. The van der Waals surface area contributed by atoms with Crippen molar-refractivity contribution in [2.24, 2.45) is 5.92 Å². The summed E-state index contributed by atoms with van der Waals surface area (Å²) in [5.41, 5.74) is 0. The minimum atomic E-state index is -3.06. The van der Waals surface area contributed by atoms with Crippen molar-refractivity contribution in [1.82, 2.24) is 10.2 Å². The van der Waals surface area contributed by atoms with Gasteiger partial charge in [-0.05, 0) is 19.3 Å². The molecule has 0 spiro atoms. The van der Waals surface area contributed by atoms with Crippen LogP contribution < -0.4 is 5.32 Å². The van der Waals surface area contributed by atoms with Gasteiger partial charge in [-0.3, -0.25) is 4.79 Å². The summed E-state index contributed by atoms with van der Waals surface area (Å²) in [5.74, 6) is -1.21. The Morgan fingerprint density at radius 1 is 1.32 bits per heavy atom. The summed E-state index contributed by atoms with van der Waals surface area (Å²) in [6.45, 7) is 0.716. The number of carbonyl (C=O) groups is 2. The SMILES string of the molecule is O=C(O)C1CCN(C(=O)NCC2CCCS2(=O)=O)C1. The van der Waals surface area contributed by atoms with Crippen molar-refractivity contribution in [3.63, 3.8) is 0 Å². The topological polar surface area (TPSA) is 104 Å². The van der Waals surface area contributed by atoms with Gasteiger partial charge in [-0.1, -0.05) is 0 Å². The van der Waals surface area contributed by atoms with Gasteiger partial charge in [0.1, 0.15) is 0 Å². The van der Waals surface area contributed by atoms with Crippen LogP contribution in [0.1, 0.15) is 19.3 Å². The molecule has 2 heterocycles. The van der Waals surface area contributed by atoms with Crippen molar-refractivity contribution in [1.29, 1.82) is 0 Å². The minimum absolute atomic E-state index is 0.120. The molecule has 2 amide bonds. The predicted molar refractivity (Wildman–Crippen MR) is 67.5 cm³/mol. The van der Waals surface area contributed by atoms with Crippen molar-refractivity contribution >= 4 is 21.8 Å². The fraction of sp³-hybridized carbons (Fsp3) is 0.818. The molecule has 108 valence electrons. The van der Waals surface area contributed by atoms with E-state index in [-0.39, 0.29) is 24.9 Å². The van der Waals surface area contributed by atoms with Crippen LogP contribution in [0.15, 0.2) is 0 Å². The molecule has 0 aliphatic carbocycles. The first-order valence-electron chi connectivity index (χ1n) is 6.37. The molecule has 2 unspecified atom stereocenters. The molecular formula is C11H18N2O5S. The van der Waals surface area contributed by atoms with Crippen LogP contribution in [0, 0.1) is 5.92 Å². The van der Waals surface area contributed by atoms with E-state index >= 15 is 0 Å². The van der Waals surface area contributed by atoms with Crippen molar-refractivity contribution in [2.75, 3.05) is 25.4 Å². The van der Waals surface area contributed by atoms with Crippen molar-refractivity contribution in [2.45, 2.75) is 24.5 Å². The number of rotatable bonds is 3. The highest BCUT2D eigenvalue weighted by molar-refractivity contribution is 7.92. The molecule has 7 nitrogen and oxygen atoms in total. The quantitative estimate of drug-likeness (QED) is 0.741. The highest BCUT2D eigenvalue weighted by Crippen LogP contribution is 2.20. The Labute approximate surface area is 111 Å². The highest BCUT2D eigenvalue weighted by atomic mass is 32.2. The van der Waals surface area contributed by atoms with E-state index in [0.29, 0.717) is 25.8 Å². The van der Waals surface area contributed by atoms with Crippen molar-refractivity contribution in [3.05, 3.63) is 0 Å². The van der Waals surface area contributed by atoms with Gasteiger partial charge in [0.05, 0.1) is 16.9 Å². The third-order valence-corrected chi connectivity index (χ3v) is 6.04. The van der Waals surface area contributed by atoms with Gasteiger partial charge < -0.3 is 15.3 Å². The third kappa shape index (κ3) is 3.17. The molecule has 0 bridgehead atoms. The molecule has 0 saturated carbocycles. The Kier molecular flexibility index (Phi) is 3.98. The van der Waals surface area contributed by atoms with Gasteiger partial charge >= 0.3 is 12.0 Å². The largest absolute Gasteiger partial charge is 0.481 e. The lowest BCUT2D eigenvalue weighted by Crippen LogP contribution is -2.43. The zero-order valence-electron chi connectivity index (χ0n) is 10.5. The zero-order valence-corrected chi connectivity index (χ0v) is 11.4. The summed E-state index contributed by atoms with van der Waals surface area (Å²) >= 11 is 0. The third-order valence-electron chi connectivity index (χ3n) is 3.77. The molecule has 2 saturated heterocycles. The maximum Gasteiger partial charge on any atom is 0.317 e. The Bertz CT molecular complexity index is 475. The molecule has 0 aromatic carbocycles. The van der Waals surface area contributed by atoms with E-state index in [0.717, 1.165) is 0 Å². The number of nitrogens with one attached hydrogen (secondary N) is 1. The molecule has 2 rings (SSSR count). The van der Waals surface area contributed by atoms with Gasteiger partial charge in [-0.15, -0.1) is 0 Å². The number of amides is 2. The standard InChI is InChI=1S/C11H18N2O5S/c14-10(15)8-3-4-13(7-8)11(16)12-6-9-2-1-5-19(9,17)18/h8-9H,1-7H2,(H,12,16)(H,14,15). The van der Waals surface area contributed by atoms with Crippen molar-refractivity contribution in [3.8, 4) is 0 Å². The number of hydrogen-bond acceptors (Lipinski definition) is 4. The van der Waals surface area contributed by atoms with Gasteiger partial charge in [-0.2, -0.15) is 0 Å². The average Bonchev–Trinajstić information content (AvgIpc) is 2.92. The number of nitrogens with zero attached hydrogens (tertiary/aromatic N) is 1. The number of likely N-dealkylation sites (tertiary alicyclic amines) is 1. The second-order valence-corrected chi connectivity index (χ2v) is 7.49. The van der Waals surface area contributed by atoms with Crippen molar-refractivity contribution < 1.29 is 23.1 Å². The molecule has 2 aliphatic heterocycles. The fourth-order valence-corrected chi connectivity index (χ4v) is 4.31. The van der Waals surface area contributed by atoms with Crippen LogP contribution in [-0.2, 0) is 14.6 Å². The van der Waals surface area contributed by atoms with E-state index in [9.17, 15) is 18.0 Å². The zero-order chi connectivity index (χ0) is 14.0. The monoisotopic (exact) mass is 290 g/mol. The molecule has 0 aromatic heterocycles. The molecular weight excluding hydrogens is 272 g/mol.